The Kier molecular flexibility index (Phi) is 10.6. The average Bonchev–Trinajstić information content (AvgIpc) is 3.52. The number of methoxy groups -OCH3 is 1. The summed E-state index contributed by atoms with van der Waals surface area (Å²) in [5.41, 5.74) is 2.37. The smallest absolute Gasteiger partial charge is 0.264 e. The van der Waals surface area contributed by atoms with E-state index in [0.29, 0.717) is 24.3 Å². The van der Waals surface area contributed by atoms with Crippen molar-refractivity contribution in [3.05, 3.63) is 90.0 Å². The molecule has 0 aromatic heterocycles. The molecule has 1 N–H and O–H groups in total. The lowest BCUT2D eigenvalue weighted by Gasteiger charge is -2.33. The normalized spacial score (nSPS) is 14.3. The summed E-state index contributed by atoms with van der Waals surface area (Å²) in [6.07, 6.45) is 4.97. The molecule has 42 heavy (non-hydrogen) atoms. The minimum Gasteiger partial charge on any atom is -0.497 e. The van der Waals surface area contributed by atoms with Crippen molar-refractivity contribution >= 4 is 27.5 Å². The lowest BCUT2D eigenvalue weighted by molar-refractivity contribution is -0.139. The number of aryl methyl sites for hydroxylation is 1. The molecule has 2 amide bonds. The molecular weight excluding hydrogens is 550 g/mol. The fourth-order valence-electron chi connectivity index (χ4n) is 5.38. The number of carbonyl (C=O) groups is 2. The van der Waals surface area contributed by atoms with E-state index < -0.39 is 28.5 Å². The highest BCUT2D eigenvalue weighted by Crippen LogP contribution is 2.26. The van der Waals surface area contributed by atoms with Crippen molar-refractivity contribution in [2.24, 2.45) is 0 Å². The number of amides is 2. The van der Waals surface area contributed by atoms with Crippen molar-refractivity contribution < 1.29 is 22.7 Å². The highest BCUT2D eigenvalue weighted by molar-refractivity contribution is 7.92. The molecule has 1 unspecified atom stereocenters. The topological polar surface area (TPSA) is 96.0 Å². The Morgan fingerprint density at radius 1 is 0.952 bits per heavy atom. The van der Waals surface area contributed by atoms with E-state index in [-0.39, 0.29) is 23.4 Å². The minimum absolute atomic E-state index is 0.0403. The van der Waals surface area contributed by atoms with Gasteiger partial charge in [0, 0.05) is 12.6 Å². The minimum atomic E-state index is -4.13. The van der Waals surface area contributed by atoms with Gasteiger partial charge in [0.25, 0.3) is 10.0 Å². The summed E-state index contributed by atoms with van der Waals surface area (Å²) in [6.45, 7) is 3.63. The SMILES string of the molecule is CCC(C(=O)NC1CCCC1)N(CCc1ccccc1)C(=O)CN(c1ccc(C)cc1)S(=O)(=O)c1ccc(OC)cc1. The van der Waals surface area contributed by atoms with Crippen LogP contribution in [0.15, 0.2) is 83.8 Å². The van der Waals surface area contributed by atoms with E-state index in [0.717, 1.165) is 41.1 Å². The van der Waals surface area contributed by atoms with Crippen LogP contribution >= 0.6 is 0 Å². The monoisotopic (exact) mass is 591 g/mol. The van der Waals surface area contributed by atoms with E-state index in [1.54, 1.807) is 29.2 Å². The predicted octanol–water partition coefficient (Wildman–Crippen LogP) is 5.11. The van der Waals surface area contributed by atoms with Crippen molar-refractivity contribution in [1.29, 1.82) is 0 Å². The van der Waals surface area contributed by atoms with E-state index in [4.69, 9.17) is 4.74 Å². The summed E-state index contributed by atoms with van der Waals surface area (Å²) in [5.74, 6) is -0.0965. The second-order valence-electron chi connectivity index (χ2n) is 10.8. The van der Waals surface area contributed by atoms with Gasteiger partial charge in [0.1, 0.15) is 18.3 Å². The maximum Gasteiger partial charge on any atom is 0.264 e. The van der Waals surface area contributed by atoms with Gasteiger partial charge in [0.2, 0.25) is 11.8 Å². The van der Waals surface area contributed by atoms with Crippen molar-refractivity contribution in [1.82, 2.24) is 10.2 Å². The predicted molar refractivity (Wildman–Crippen MR) is 165 cm³/mol. The average molecular weight is 592 g/mol. The maximum atomic E-state index is 14.2. The summed E-state index contributed by atoms with van der Waals surface area (Å²) < 4.78 is 34.3. The molecule has 9 heteroatoms. The number of hydrogen-bond donors (Lipinski definition) is 1. The molecule has 0 heterocycles. The van der Waals surface area contributed by atoms with E-state index in [9.17, 15) is 18.0 Å². The summed E-state index contributed by atoms with van der Waals surface area (Å²) >= 11 is 0. The Hall–Kier alpha value is -3.85. The summed E-state index contributed by atoms with van der Waals surface area (Å²) in [6, 6.07) is 22.3. The number of ether oxygens (including phenoxy) is 1. The zero-order valence-corrected chi connectivity index (χ0v) is 25.5. The second-order valence-corrected chi connectivity index (χ2v) is 12.6. The summed E-state index contributed by atoms with van der Waals surface area (Å²) in [4.78, 5) is 29.3. The molecule has 1 aliphatic carbocycles. The largest absolute Gasteiger partial charge is 0.497 e. The molecule has 1 saturated carbocycles. The molecule has 1 atom stereocenters. The van der Waals surface area contributed by atoms with Crippen LogP contribution in [0.2, 0.25) is 0 Å². The van der Waals surface area contributed by atoms with E-state index >= 15 is 0 Å². The van der Waals surface area contributed by atoms with Crippen LogP contribution in [0, 0.1) is 6.92 Å². The molecular formula is C33H41N3O5S. The van der Waals surface area contributed by atoms with Crippen LogP contribution in [0.1, 0.15) is 50.2 Å². The van der Waals surface area contributed by atoms with Crippen LogP contribution in [0.4, 0.5) is 5.69 Å². The van der Waals surface area contributed by atoms with Gasteiger partial charge < -0.3 is 15.0 Å². The lowest BCUT2D eigenvalue weighted by Crippen LogP contribution is -2.54. The third-order valence-corrected chi connectivity index (χ3v) is 9.61. The number of hydrogen-bond acceptors (Lipinski definition) is 5. The molecule has 3 aromatic carbocycles. The van der Waals surface area contributed by atoms with E-state index in [1.807, 2.05) is 56.3 Å². The first kappa shape index (κ1) is 31.1. The lowest BCUT2D eigenvalue weighted by atomic mass is 10.1. The third-order valence-electron chi connectivity index (χ3n) is 7.82. The zero-order chi connectivity index (χ0) is 30.1. The first-order valence-corrected chi connectivity index (χ1v) is 16.0. The molecule has 8 nitrogen and oxygen atoms in total. The quantitative estimate of drug-likeness (QED) is 0.298. The Bertz CT molecular complexity index is 1420. The van der Waals surface area contributed by atoms with Crippen LogP contribution in [0.3, 0.4) is 0 Å². The third kappa shape index (κ3) is 7.70. The molecule has 3 aromatic rings. The van der Waals surface area contributed by atoms with Gasteiger partial charge in [-0.05, 0) is 74.6 Å². The Labute approximate surface area is 249 Å². The van der Waals surface area contributed by atoms with Crippen LogP contribution in [-0.4, -0.2) is 57.4 Å². The van der Waals surface area contributed by atoms with Gasteiger partial charge in [0.15, 0.2) is 0 Å². The molecule has 0 bridgehead atoms. The second kappa shape index (κ2) is 14.4. The van der Waals surface area contributed by atoms with Crippen molar-refractivity contribution in [3.8, 4) is 5.75 Å². The van der Waals surface area contributed by atoms with Crippen molar-refractivity contribution in [3.63, 3.8) is 0 Å². The molecule has 1 fully saturated rings. The molecule has 0 spiro atoms. The number of benzene rings is 3. The first-order chi connectivity index (χ1) is 20.2. The number of anilines is 1. The zero-order valence-electron chi connectivity index (χ0n) is 24.7. The maximum absolute atomic E-state index is 14.2. The molecule has 4 rings (SSSR count). The van der Waals surface area contributed by atoms with Gasteiger partial charge in [-0.1, -0.05) is 67.8 Å². The van der Waals surface area contributed by atoms with Crippen molar-refractivity contribution in [2.45, 2.75) is 69.4 Å². The van der Waals surface area contributed by atoms with E-state index in [1.165, 1.54) is 19.2 Å². The number of nitrogens with one attached hydrogen (secondary N) is 1. The summed E-state index contributed by atoms with van der Waals surface area (Å²) in [5, 5.41) is 3.14. The highest BCUT2D eigenvalue weighted by Gasteiger charge is 2.34. The fourth-order valence-corrected chi connectivity index (χ4v) is 6.79. The van der Waals surface area contributed by atoms with Crippen LogP contribution < -0.4 is 14.4 Å². The fraction of sp³-hybridized carbons (Fsp3) is 0.394. The van der Waals surface area contributed by atoms with Gasteiger partial charge in [-0.15, -0.1) is 0 Å². The van der Waals surface area contributed by atoms with Gasteiger partial charge in [-0.3, -0.25) is 13.9 Å². The molecule has 224 valence electrons. The standard InChI is InChI=1S/C33H41N3O5S/c1-4-31(33(38)34-27-12-8-9-13-27)35(23-22-26-10-6-5-7-11-26)32(37)24-36(28-16-14-25(2)15-17-28)42(39,40)30-20-18-29(41-3)19-21-30/h5-7,10-11,14-21,27,31H,4,8-9,12-13,22-24H2,1-3H3,(H,34,38). The van der Waals surface area contributed by atoms with Gasteiger partial charge >= 0.3 is 0 Å². The van der Waals surface area contributed by atoms with Crippen LogP contribution in [-0.2, 0) is 26.0 Å². The highest BCUT2D eigenvalue weighted by atomic mass is 32.2. The molecule has 1 aliphatic rings. The Morgan fingerprint density at radius 2 is 1.60 bits per heavy atom. The number of sulfonamides is 1. The molecule has 0 saturated heterocycles. The number of carbonyl (C=O) groups excluding carboxylic acids is 2. The molecule has 0 radical (unpaired) electrons. The number of nitrogens with zero attached hydrogens (tertiary/aromatic N) is 2. The first-order valence-electron chi connectivity index (χ1n) is 14.6. The van der Waals surface area contributed by atoms with Gasteiger partial charge in [-0.2, -0.15) is 0 Å². The van der Waals surface area contributed by atoms with Crippen LogP contribution in [0.25, 0.3) is 0 Å². The van der Waals surface area contributed by atoms with E-state index in [2.05, 4.69) is 5.32 Å². The Morgan fingerprint density at radius 3 is 2.19 bits per heavy atom. The van der Waals surface area contributed by atoms with Gasteiger partial charge in [-0.25, -0.2) is 8.42 Å². The Balaban J connectivity index is 1.67. The summed E-state index contributed by atoms with van der Waals surface area (Å²) in [7, 11) is -2.62. The molecule has 0 aliphatic heterocycles. The van der Waals surface area contributed by atoms with Crippen molar-refractivity contribution in [2.75, 3.05) is 24.5 Å². The number of rotatable bonds is 13. The van der Waals surface area contributed by atoms with Gasteiger partial charge in [0.05, 0.1) is 17.7 Å². The van der Waals surface area contributed by atoms with Crippen LogP contribution in [0.5, 0.6) is 5.75 Å².